The number of aromatic amines is 1. The minimum absolute atomic E-state index is 0.0483. The molecule has 0 bridgehead atoms. The molecule has 4 aromatic rings. The fraction of sp³-hybridized carbons (Fsp3) is 0.160. The molecule has 0 amide bonds. The van der Waals surface area contributed by atoms with E-state index < -0.39 is 0 Å². The highest BCUT2D eigenvalue weighted by Gasteiger charge is 2.16. The van der Waals surface area contributed by atoms with Gasteiger partial charge in [-0.1, -0.05) is 64.7 Å². The summed E-state index contributed by atoms with van der Waals surface area (Å²) < 4.78 is 0. The van der Waals surface area contributed by atoms with Gasteiger partial charge in [0.2, 0.25) is 0 Å². The first kappa shape index (κ1) is 17.3. The summed E-state index contributed by atoms with van der Waals surface area (Å²) in [5, 5.41) is 1.71. The van der Waals surface area contributed by atoms with Crippen LogP contribution in [0.25, 0.3) is 33.2 Å². The summed E-state index contributed by atoms with van der Waals surface area (Å²) in [7, 11) is 0. The number of benzene rings is 3. The molecule has 0 fully saturated rings. The van der Waals surface area contributed by atoms with E-state index >= 15 is 0 Å². The second kappa shape index (κ2) is 6.55. The van der Waals surface area contributed by atoms with Crippen LogP contribution in [0, 0.1) is 27.7 Å². The van der Waals surface area contributed by atoms with E-state index in [1.165, 1.54) is 22.3 Å². The molecule has 0 radical (unpaired) electrons. The van der Waals surface area contributed by atoms with Crippen LogP contribution in [-0.2, 0) is 0 Å². The summed E-state index contributed by atoms with van der Waals surface area (Å²) in [6.07, 6.45) is 0. The number of rotatable bonds is 2. The van der Waals surface area contributed by atoms with Crippen molar-refractivity contribution in [3.05, 3.63) is 93.3 Å². The Balaban J connectivity index is 2.17. The van der Waals surface area contributed by atoms with Crippen molar-refractivity contribution in [2.45, 2.75) is 27.7 Å². The Bertz CT molecular complexity index is 1190. The molecule has 1 heterocycles. The number of H-pyrrole nitrogens is 1. The molecule has 0 spiro atoms. The molecule has 3 aromatic carbocycles. The number of aryl methyl sites for hydroxylation is 4. The molecule has 0 aliphatic carbocycles. The zero-order chi connectivity index (χ0) is 19.1. The summed E-state index contributed by atoms with van der Waals surface area (Å²) in [5.41, 5.74) is 8.90. The lowest BCUT2D eigenvalue weighted by molar-refractivity contribution is 1.26. The molecular weight excluding hydrogens is 330 g/mol. The van der Waals surface area contributed by atoms with E-state index in [1.54, 1.807) is 0 Å². The highest BCUT2D eigenvalue weighted by molar-refractivity contribution is 6.02. The molecule has 1 aromatic heterocycles. The summed E-state index contributed by atoms with van der Waals surface area (Å²) in [6, 6.07) is 20.8. The quantitative estimate of drug-likeness (QED) is 0.464. The van der Waals surface area contributed by atoms with Crippen molar-refractivity contribution in [3.8, 4) is 22.4 Å². The van der Waals surface area contributed by atoms with Crippen LogP contribution in [0.4, 0.5) is 0 Å². The van der Waals surface area contributed by atoms with Crippen molar-refractivity contribution in [1.29, 1.82) is 0 Å². The number of pyridine rings is 1. The lowest BCUT2D eigenvalue weighted by atomic mass is 9.91. The van der Waals surface area contributed by atoms with Crippen molar-refractivity contribution < 1.29 is 0 Å². The van der Waals surface area contributed by atoms with Gasteiger partial charge in [-0.15, -0.1) is 0 Å². The predicted molar refractivity (Wildman–Crippen MR) is 114 cm³/mol. The van der Waals surface area contributed by atoms with E-state index in [1.807, 2.05) is 24.3 Å². The van der Waals surface area contributed by atoms with Crippen molar-refractivity contribution in [2.75, 3.05) is 0 Å². The van der Waals surface area contributed by atoms with Crippen LogP contribution in [0.3, 0.4) is 0 Å². The highest BCUT2D eigenvalue weighted by atomic mass is 16.1. The fourth-order valence-electron chi connectivity index (χ4n) is 4.03. The van der Waals surface area contributed by atoms with Crippen LogP contribution in [0.15, 0.2) is 65.5 Å². The van der Waals surface area contributed by atoms with E-state index in [9.17, 15) is 4.79 Å². The minimum atomic E-state index is -0.0483. The maximum absolute atomic E-state index is 12.8. The van der Waals surface area contributed by atoms with Gasteiger partial charge in [0, 0.05) is 10.9 Å². The fourth-order valence-corrected chi connectivity index (χ4v) is 4.03. The number of nitrogens with one attached hydrogen (secondary N) is 1. The average Bonchev–Trinajstić information content (AvgIpc) is 2.60. The Morgan fingerprint density at radius 1 is 0.630 bits per heavy atom. The number of fused-ring (bicyclic) bond motifs is 1. The zero-order valence-corrected chi connectivity index (χ0v) is 16.2. The monoisotopic (exact) mass is 353 g/mol. The molecule has 2 heteroatoms. The van der Waals surface area contributed by atoms with Gasteiger partial charge in [-0.3, -0.25) is 4.79 Å². The molecule has 0 atom stereocenters. The first-order valence-electron chi connectivity index (χ1n) is 9.25. The van der Waals surface area contributed by atoms with E-state index in [-0.39, 0.29) is 5.56 Å². The van der Waals surface area contributed by atoms with Crippen LogP contribution >= 0.6 is 0 Å². The predicted octanol–water partition coefficient (Wildman–Crippen LogP) is 6.10. The smallest absolute Gasteiger partial charge is 0.256 e. The van der Waals surface area contributed by atoms with Gasteiger partial charge in [-0.2, -0.15) is 0 Å². The topological polar surface area (TPSA) is 32.9 Å². The van der Waals surface area contributed by atoms with E-state index in [2.05, 4.69) is 69.1 Å². The third-order valence-corrected chi connectivity index (χ3v) is 4.95. The lowest BCUT2D eigenvalue weighted by Crippen LogP contribution is -2.09. The molecule has 1 N–H and O–H groups in total. The normalized spacial score (nSPS) is 11.1. The van der Waals surface area contributed by atoms with Crippen molar-refractivity contribution in [3.63, 3.8) is 0 Å². The SMILES string of the molecule is Cc1cc(C)cc(-c2[nH]c(=O)c3ccccc3c2-c2cc(C)cc(C)c2)c1. The second-order valence-electron chi connectivity index (χ2n) is 7.50. The van der Waals surface area contributed by atoms with Gasteiger partial charge in [-0.25, -0.2) is 0 Å². The third kappa shape index (κ3) is 3.19. The maximum atomic E-state index is 12.8. The summed E-state index contributed by atoms with van der Waals surface area (Å²) in [4.78, 5) is 16.0. The van der Waals surface area contributed by atoms with E-state index in [0.717, 1.165) is 33.2 Å². The van der Waals surface area contributed by atoms with Crippen LogP contribution in [-0.4, -0.2) is 4.98 Å². The van der Waals surface area contributed by atoms with Gasteiger partial charge in [0.1, 0.15) is 0 Å². The summed E-state index contributed by atoms with van der Waals surface area (Å²) in [5.74, 6) is 0. The molecule has 0 aliphatic rings. The first-order chi connectivity index (χ1) is 12.9. The molecule has 0 saturated carbocycles. The molecule has 0 saturated heterocycles. The largest absolute Gasteiger partial charge is 0.321 e. The molecule has 0 aliphatic heterocycles. The van der Waals surface area contributed by atoms with E-state index in [0.29, 0.717) is 0 Å². The molecule has 134 valence electrons. The van der Waals surface area contributed by atoms with Gasteiger partial charge in [-0.05, 0) is 62.4 Å². The second-order valence-corrected chi connectivity index (χ2v) is 7.50. The van der Waals surface area contributed by atoms with Gasteiger partial charge < -0.3 is 4.98 Å². The van der Waals surface area contributed by atoms with Gasteiger partial charge in [0.15, 0.2) is 0 Å². The van der Waals surface area contributed by atoms with Crippen LogP contribution < -0.4 is 5.56 Å². The lowest BCUT2D eigenvalue weighted by Gasteiger charge is -2.16. The highest BCUT2D eigenvalue weighted by Crippen LogP contribution is 2.36. The summed E-state index contributed by atoms with van der Waals surface area (Å²) >= 11 is 0. The Morgan fingerprint density at radius 2 is 1.11 bits per heavy atom. The number of hydrogen-bond donors (Lipinski definition) is 1. The van der Waals surface area contributed by atoms with Crippen molar-refractivity contribution in [2.24, 2.45) is 0 Å². The molecule has 0 unspecified atom stereocenters. The Hall–Kier alpha value is -3.13. The molecule has 2 nitrogen and oxygen atoms in total. The number of hydrogen-bond acceptors (Lipinski definition) is 1. The van der Waals surface area contributed by atoms with Gasteiger partial charge in [0.05, 0.1) is 5.69 Å². The van der Waals surface area contributed by atoms with Crippen LogP contribution in [0.1, 0.15) is 22.3 Å². The van der Waals surface area contributed by atoms with E-state index in [4.69, 9.17) is 0 Å². The maximum Gasteiger partial charge on any atom is 0.256 e. The molecule has 27 heavy (non-hydrogen) atoms. The molecule has 4 rings (SSSR count). The van der Waals surface area contributed by atoms with Gasteiger partial charge >= 0.3 is 0 Å². The van der Waals surface area contributed by atoms with Crippen molar-refractivity contribution in [1.82, 2.24) is 4.98 Å². The number of aromatic nitrogens is 1. The zero-order valence-electron chi connectivity index (χ0n) is 16.2. The van der Waals surface area contributed by atoms with Crippen LogP contribution in [0.2, 0.25) is 0 Å². The Labute approximate surface area is 159 Å². The Morgan fingerprint density at radius 3 is 1.67 bits per heavy atom. The molecular formula is C25H23NO. The van der Waals surface area contributed by atoms with Crippen LogP contribution in [0.5, 0.6) is 0 Å². The first-order valence-corrected chi connectivity index (χ1v) is 9.25. The average molecular weight is 353 g/mol. The third-order valence-electron chi connectivity index (χ3n) is 4.95. The van der Waals surface area contributed by atoms with Gasteiger partial charge in [0.25, 0.3) is 5.56 Å². The van der Waals surface area contributed by atoms with Crippen molar-refractivity contribution >= 4 is 10.8 Å². The standard InChI is InChI=1S/C25H23NO/c1-15-9-16(2)12-19(11-15)23-21-7-5-6-8-22(21)25(27)26-24(23)20-13-17(3)10-18(4)14-20/h5-14H,1-4H3,(H,26,27). The Kier molecular flexibility index (Phi) is 4.19. The minimum Gasteiger partial charge on any atom is -0.321 e. The summed E-state index contributed by atoms with van der Waals surface area (Å²) in [6.45, 7) is 8.40.